The summed E-state index contributed by atoms with van der Waals surface area (Å²) in [7, 11) is 0. The molecule has 0 unspecified atom stereocenters. The lowest BCUT2D eigenvalue weighted by atomic mass is 10.3. The van der Waals surface area contributed by atoms with Crippen LogP contribution in [0, 0.1) is 5.82 Å². The Morgan fingerprint density at radius 1 is 0.905 bits per heavy atom. The van der Waals surface area contributed by atoms with Crippen molar-refractivity contribution in [1.82, 2.24) is 0 Å². The van der Waals surface area contributed by atoms with Crippen molar-refractivity contribution in [3.05, 3.63) is 48.3 Å². The third kappa shape index (κ3) is 4.27. The molecule has 0 spiro atoms. The summed E-state index contributed by atoms with van der Waals surface area (Å²) in [6.45, 7) is 3.04. The van der Waals surface area contributed by atoms with E-state index in [0.717, 1.165) is 0 Å². The second kappa shape index (κ2) is 7.38. The van der Waals surface area contributed by atoms with Crippen LogP contribution in [-0.4, -0.2) is 19.8 Å². The molecule has 0 aliphatic rings. The molecular weight excluding hydrogens is 273 g/mol. The molecule has 0 saturated heterocycles. The van der Waals surface area contributed by atoms with Crippen LogP contribution in [0.2, 0.25) is 0 Å². The quantitative estimate of drug-likeness (QED) is 0.628. The average molecular weight is 291 g/mol. The van der Waals surface area contributed by atoms with Crippen molar-refractivity contribution in [3.63, 3.8) is 0 Å². The minimum absolute atomic E-state index is 0.258. The molecule has 0 bridgehead atoms. The second-order valence-corrected chi connectivity index (χ2v) is 4.26. The molecule has 4 nitrogen and oxygen atoms in total. The summed E-state index contributed by atoms with van der Waals surface area (Å²) in [6, 6.07) is 11.4. The van der Waals surface area contributed by atoms with Crippen LogP contribution in [0.1, 0.15) is 6.92 Å². The van der Waals surface area contributed by atoms with Crippen LogP contribution in [0.4, 0.5) is 10.1 Å². The van der Waals surface area contributed by atoms with Crippen molar-refractivity contribution in [2.45, 2.75) is 6.92 Å². The van der Waals surface area contributed by atoms with E-state index in [1.165, 1.54) is 18.2 Å². The number of nitrogens with two attached hydrogens (primary N) is 1. The highest BCUT2D eigenvalue weighted by atomic mass is 19.1. The van der Waals surface area contributed by atoms with Crippen molar-refractivity contribution in [3.8, 4) is 17.2 Å². The van der Waals surface area contributed by atoms with Gasteiger partial charge in [-0.15, -0.1) is 0 Å². The number of anilines is 1. The number of hydrogen-bond acceptors (Lipinski definition) is 4. The first-order valence-electron chi connectivity index (χ1n) is 6.73. The Balaban J connectivity index is 1.86. The molecule has 5 heteroatoms. The molecular formula is C16H18FNO3. The lowest BCUT2D eigenvalue weighted by Crippen LogP contribution is -2.10. The molecule has 112 valence electrons. The maximum Gasteiger partial charge on any atom is 0.161 e. The largest absolute Gasteiger partial charge is 0.490 e. The van der Waals surface area contributed by atoms with Gasteiger partial charge in [0.1, 0.15) is 24.8 Å². The van der Waals surface area contributed by atoms with E-state index >= 15 is 0 Å². The van der Waals surface area contributed by atoms with Gasteiger partial charge >= 0.3 is 0 Å². The molecule has 0 heterocycles. The van der Waals surface area contributed by atoms with Crippen LogP contribution >= 0.6 is 0 Å². The fraction of sp³-hybridized carbons (Fsp3) is 0.250. The molecule has 2 aromatic rings. The summed E-state index contributed by atoms with van der Waals surface area (Å²) < 4.78 is 29.5. The summed E-state index contributed by atoms with van der Waals surface area (Å²) in [4.78, 5) is 0. The fourth-order valence-electron chi connectivity index (χ4n) is 1.78. The van der Waals surface area contributed by atoms with E-state index in [0.29, 0.717) is 36.1 Å². The van der Waals surface area contributed by atoms with Gasteiger partial charge < -0.3 is 19.9 Å². The van der Waals surface area contributed by atoms with E-state index in [-0.39, 0.29) is 12.4 Å². The van der Waals surface area contributed by atoms with Gasteiger partial charge in [-0.25, -0.2) is 4.39 Å². The van der Waals surface area contributed by atoms with Crippen molar-refractivity contribution in [2.24, 2.45) is 0 Å². The van der Waals surface area contributed by atoms with Crippen molar-refractivity contribution in [1.29, 1.82) is 0 Å². The third-order valence-corrected chi connectivity index (χ3v) is 2.72. The Morgan fingerprint density at radius 3 is 2.19 bits per heavy atom. The monoisotopic (exact) mass is 291 g/mol. The van der Waals surface area contributed by atoms with Crippen molar-refractivity contribution >= 4 is 5.69 Å². The summed E-state index contributed by atoms with van der Waals surface area (Å²) in [5, 5.41) is 0. The molecule has 0 aliphatic heterocycles. The van der Waals surface area contributed by atoms with Gasteiger partial charge in [0, 0.05) is 6.07 Å². The Bertz CT molecular complexity index is 589. The van der Waals surface area contributed by atoms with E-state index in [1.807, 2.05) is 31.2 Å². The third-order valence-electron chi connectivity index (χ3n) is 2.72. The predicted octanol–water partition coefficient (Wildman–Crippen LogP) is 3.26. The molecule has 21 heavy (non-hydrogen) atoms. The smallest absolute Gasteiger partial charge is 0.161 e. The van der Waals surface area contributed by atoms with Gasteiger partial charge in [-0.05, 0) is 31.2 Å². The normalized spacial score (nSPS) is 10.2. The number of ether oxygens (including phenoxy) is 3. The fourth-order valence-corrected chi connectivity index (χ4v) is 1.78. The number of hydrogen-bond donors (Lipinski definition) is 1. The highest BCUT2D eigenvalue weighted by Crippen LogP contribution is 2.26. The Kier molecular flexibility index (Phi) is 5.26. The first-order chi connectivity index (χ1) is 10.2. The lowest BCUT2D eigenvalue weighted by molar-refractivity contribution is 0.208. The highest BCUT2D eigenvalue weighted by molar-refractivity contribution is 5.52. The van der Waals surface area contributed by atoms with Gasteiger partial charge in [0.15, 0.2) is 11.5 Å². The topological polar surface area (TPSA) is 53.7 Å². The molecule has 2 N–H and O–H groups in total. The maximum absolute atomic E-state index is 13.1. The van der Waals surface area contributed by atoms with Gasteiger partial charge in [0.25, 0.3) is 0 Å². The van der Waals surface area contributed by atoms with Crippen molar-refractivity contribution < 1.29 is 18.6 Å². The predicted molar refractivity (Wildman–Crippen MR) is 79.4 cm³/mol. The van der Waals surface area contributed by atoms with Crippen molar-refractivity contribution in [2.75, 3.05) is 25.6 Å². The van der Waals surface area contributed by atoms with E-state index in [2.05, 4.69) is 0 Å². The van der Waals surface area contributed by atoms with Crippen LogP contribution in [0.3, 0.4) is 0 Å². The van der Waals surface area contributed by atoms with Crippen LogP contribution in [0.5, 0.6) is 17.2 Å². The van der Waals surface area contributed by atoms with Crippen LogP contribution in [0.15, 0.2) is 42.5 Å². The molecule has 0 amide bonds. The molecule has 0 aromatic heterocycles. The summed E-state index contributed by atoms with van der Waals surface area (Å²) in [6.07, 6.45) is 0. The molecule has 0 aliphatic carbocycles. The van der Waals surface area contributed by atoms with Gasteiger partial charge in [-0.2, -0.15) is 0 Å². The van der Waals surface area contributed by atoms with E-state index < -0.39 is 0 Å². The summed E-state index contributed by atoms with van der Waals surface area (Å²) >= 11 is 0. The number of halogens is 1. The zero-order valence-electron chi connectivity index (χ0n) is 11.8. The standard InChI is InChI=1S/C16H18FNO3/c1-2-19-14-5-3-4-6-15(14)20-9-10-21-16-11-12(17)7-8-13(16)18/h3-8,11H,2,9-10,18H2,1H3. The minimum Gasteiger partial charge on any atom is -0.490 e. The Labute approximate surface area is 123 Å². The van der Waals surface area contributed by atoms with Crippen LogP contribution in [0.25, 0.3) is 0 Å². The van der Waals surface area contributed by atoms with E-state index in [4.69, 9.17) is 19.9 Å². The SMILES string of the molecule is CCOc1ccccc1OCCOc1cc(F)ccc1N. The molecule has 0 atom stereocenters. The molecule has 0 radical (unpaired) electrons. The number of nitrogen functional groups attached to an aromatic ring is 1. The van der Waals surface area contributed by atoms with E-state index in [9.17, 15) is 4.39 Å². The zero-order valence-corrected chi connectivity index (χ0v) is 11.8. The van der Waals surface area contributed by atoms with Crippen LogP contribution in [-0.2, 0) is 0 Å². The zero-order chi connectivity index (χ0) is 15.1. The number of para-hydroxylation sites is 2. The Hall–Kier alpha value is -2.43. The molecule has 0 saturated carbocycles. The average Bonchev–Trinajstić information content (AvgIpc) is 2.49. The molecule has 0 fully saturated rings. The minimum atomic E-state index is -0.387. The maximum atomic E-state index is 13.1. The highest BCUT2D eigenvalue weighted by Gasteiger charge is 2.05. The second-order valence-electron chi connectivity index (χ2n) is 4.26. The van der Waals surface area contributed by atoms with E-state index in [1.54, 1.807) is 0 Å². The number of benzene rings is 2. The van der Waals surface area contributed by atoms with Gasteiger partial charge in [-0.1, -0.05) is 12.1 Å². The van der Waals surface area contributed by atoms with Gasteiger partial charge in [-0.3, -0.25) is 0 Å². The summed E-state index contributed by atoms with van der Waals surface area (Å²) in [5.74, 6) is 1.26. The molecule has 2 aromatic carbocycles. The summed E-state index contributed by atoms with van der Waals surface area (Å²) in [5.41, 5.74) is 6.09. The Morgan fingerprint density at radius 2 is 1.52 bits per heavy atom. The lowest BCUT2D eigenvalue weighted by Gasteiger charge is -2.12. The van der Waals surface area contributed by atoms with Gasteiger partial charge in [0.2, 0.25) is 0 Å². The first-order valence-corrected chi connectivity index (χ1v) is 6.73. The first kappa shape index (κ1) is 15.0. The van der Waals surface area contributed by atoms with Gasteiger partial charge in [0.05, 0.1) is 12.3 Å². The number of rotatable bonds is 7. The van der Waals surface area contributed by atoms with Crippen LogP contribution < -0.4 is 19.9 Å². The molecule has 2 rings (SSSR count).